The topological polar surface area (TPSA) is 59.1 Å². The highest BCUT2D eigenvalue weighted by Gasteiger charge is 2.29. The van der Waals surface area contributed by atoms with Gasteiger partial charge in [0.2, 0.25) is 10.0 Å². The molecular weight excluding hydrogens is 388 g/mol. The van der Waals surface area contributed by atoms with Crippen LogP contribution in [0, 0.1) is 0 Å². The van der Waals surface area contributed by atoms with Crippen molar-refractivity contribution in [2.45, 2.75) is 31.6 Å². The van der Waals surface area contributed by atoms with E-state index in [2.05, 4.69) is 4.90 Å². The van der Waals surface area contributed by atoms with Gasteiger partial charge in [0, 0.05) is 31.9 Å². The van der Waals surface area contributed by atoms with E-state index in [-0.39, 0.29) is 5.92 Å². The molecule has 0 unspecified atom stereocenters. The van der Waals surface area contributed by atoms with Gasteiger partial charge in [0.25, 0.3) is 0 Å². The summed E-state index contributed by atoms with van der Waals surface area (Å²) in [7, 11) is -1.89. The summed E-state index contributed by atoms with van der Waals surface area (Å²) < 4.78 is 38.9. The molecule has 158 valence electrons. The Morgan fingerprint density at radius 3 is 2.21 bits per heavy atom. The lowest BCUT2D eigenvalue weighted by Crippen LogP contribution is -2.48. The third-order valence-electron chi connectivity index (χ3n) is 5.22. The molecule has 0 radical (unpaired) electrons. The molecule has 1 heterocycles. The van der Waals surface area contributed by atoms with Crippen molar-refractivity contribution < 1.29 is 17.9 Å². The van der Waals surface area contributed by atoms with Gasteiger partial charge in [0.05, 0.1) is 18.6 Å². The monoisotopic (exact) mass is 418 g/mol. The maximum Gasteiger partial charge on any atom is 0.243 e. The Balaban J connectivity index is 1.74. The minimum absolute atomic E-state index is 0.179. The molecule has 3 rings (SSSR count). The Bertz CT molecular complexity index is 918. The second kappa shape index (κ2) is 9.05. The zero-order valence-corrected chi connectivity index (χ0v) is 18.4. The van der Waals surface area contributed by atoms with Crippen molar-refractivity contribution in [3.05, 3.63) is 48.0 Å². The van der Waals surface area contributed by atoms with Crippen LogP contribution in [0.5, 0.6) is 11.5 Å². The van der Waals surface area contributed by atoms with Gasteiger partial charge in [-0.15, -0.1) is 0 Å². The molecule has 1 aliphatic heterocycles. The summed E-state index contributed by atoms with van der Waals surface area (Å²) in [5.41, 5.74) is 2.00. The molecule has 29 heavy (non-hydrogen) atoms. The molecule has 1 aliphatic rings. The Morgan fingerprint density at radius 2 is 1.66 bits per heavy atom. The summed E-state index contributed by atoms with van der Waals surface area (Å²) >= 11 is 0. The molecule has 0 saturated carbocycles. The predicted octanol–water partition coefficient (Wildman–Crippen LogP) is 3.73. The second-order valence-corrected chi connectivity index (χ2v) is 9.31. The van der Waals surface area contributed by atoms with Crippen LogP contribution in [0.4, 0.5) is 5.69 Å². The molecule has 7 heteroatoms. The number of ether oxygens (including phenoxy) is 2. The lowest BCUT2D eigenvalue weighted by molar-refractivity contribution is 0.334. The van der Waals surface area contributed by atoms with E-state index < -0.39 is 10.0 Å². The normalized spacial score (nSPS) is 15.6. The minimum Gasteiger partial charge on any atom is -0.497 e. The Labute approximate surface area is 174 Å². The van der Waals surface area contributed by atoms with Crippen molar-refractivity contribution in [2.75, 3.05) is 44.8 Å². The predicted molar refractivity (Wildman–Crippen MR) is 116 cm³/mol. The standard InChI is InChI=1S/C22H30N2O4S/c1-5-28-22-11-10-20(16-21(22)17(2)3)29(25,26)24-14-12-23(13-15-24)18-6-8-19(27-4)9-7-18/h6-11,16-17H,5,12-15H2,1-4H3. The van der Waals surface area contributed by atoms with Crippen LogP contribution >= 0.6 is 0 Å². The summed E-state index contributed by atoms with van der Waals surface area (Å²) in [6.45, 7) is 8.79. The average molecular weight is 419 g/mol. The SMILES string of the molecule is CCOc1ccc(S(=O)(=O)N2CCN(c3ccc(OC)cc3)CC2)cc1C(C)C. The average Bonchev–Trinajstić information content (AvgIpc) is 2.74. The van der Waals surface area contributed by atoms with Gasteiger partial charge in [-0.25, -0.2) is 8.42 Å². The Kier molecular flexibility index (Phi) is 6.70. The molecule has 0 spiro atoms. The zero-order chi connectivity index (χ0) is 21.0. The molecular formula is C22H30N2O4S. The molecule has 2 aromatic carbocycles. The van der Waals surface area contributed by atoms with Crippen molar-refractivity contribution in [1.82, 2.24) is 4.31 Å². The summed E-state index contributed by atoms with van der Waals surface area (Å²) in [4.78, 5) is 2.53. The smallest absolute Gasteiger partial charge is 0.243 e. The molecule has 1 saturated heterocycles. The maximum atomic E-state index is 13.2. The molecule has 2 aromatic rings. The van der Waals surface area contributed by atoms with Gasteiger partial charge in [-0.1, -0.05) is 13.8 Å². The van der Waals surface area contributed by atoms with E-state index in [4.69, 9.17) is 9.47 Å². The molecule has 0 aliphatic carbocycles. The van der Waals surface area contributed by atoms with Gasteiger partial charge in [0.15, 0.2) is 0 Å². The number of hydrogen-bond acceptors (Lipinski definition) is 5. The molecule has 0 bridgehead atoms. The summed E-state index contributed by atoms with van der Waals surface area (Å²) in [5, 5.41) is 0. The van der Waals surface area contributed by atoms with Gasteiger partial charge in [0.1, 0.15) is 11.5 Å². The molecule has 6 nitrogen and oxygen atoms in total. The first kappa shape index (κ1) is 21.5. The fourth-order valence-electron chi connectivity index (χ4n) is 3.55. The number of anilines is 1. The minimum atomic E-state index is -3.53. The van der Waals surface area contributed by atoms with Crippen molar-refractivity contribution in [1.29, 1.82) is 0 Å². The molecule has 0 atom stereocenters. The first-order valence-corrected chi connectivity index (χ1v) is 11.5. The van der Waals surface area contributed by atoms with Crippen LogP contribution in [-0.2, 0) is 10.0 Å². The number of rotatable bonds is 7. The van der Waals surface area contributed by atoms with Gasteiger partial charge in [-0.05, 0) is 60.9 Å². The molecule has 1 fully saturated rings. The van der Waals surface area contributed by atoms with Crippen LogP contribution in [0.2, 0.25) is 0 Å². The van der Waals surface area contributed by atoms with Crippen molar-refractivity contribution in [3.63, 3.8) is 0 Å². The number of nitrogens with zero attached hydrogens (tertiary/aromatic N) is 2. The maximum absolute atomic E-state index is 13.2. The highest BCUT2D eigenvalue weighted by atomic mass is 32.2. The number of hydrogen-bond donors (Lipinski definition) is 0. The van der Waals surface area contributed by atoms with E-state index in [1.807, 2.05) is 45.0 Å². The van der Waals surface area contributed by atoms with E-state index in [0.717, 1.165) is 22.7 Å². The van der Waals surface area contributed by atoms with E-state index >= 15 is 0 Å². The Hall–Kier alpha value is -2.25. The van der Waals surface area contributed by atoms with Crippen LogP contribution in [-0.4, -0.2) is 52.6 Å². The number of methoxy groups -OCH3 is 1. The molecule has 0 N–H and O–H groups in total. The number of piperazine rings is 1. The van der Waals surface area contributed by atoms with Gasteiger partial charge in [-0.2, -0.15) is 4.31 Å². The highest BCUT2D eigenvalue weighted by molar-refractivity contribution is 7.89. The van der Waals surface area contributed by atoms with Crippen molar-refractivity contribution in [3.8, 4) is 11.5 Å². The lowest BCUT2D eigenvalue weighted by Gasteiger charge is -2.35. The highest BCUT2D eigenvalue weighted by Crippen LogP contribution is 2.31. The molecule has 0 aromatic heterocycles. The zero-order valence-electron chi connectivity index (χ0n) is 17.6. The van der Waals surface area contributed by atoms with Crippen molar-refractivity contribution in [2.24, 2.45) is 0 Å². The lowest BCUT2D eigenvalue weighted by atomic mass is 10.0. The van der Waals surface area contributed by atoms with E-state index in [1.54, 1.807) is 29.6 Å². The fraction of sp³-hybridized carbons (Fsp3) is 0.455. The number of sulfonamides is 1. The molecule has 0 amide bonds. The summed E-state index contributed by atoms with van der Waals surface area (Å²) in [6, 6.07) is 13.1. The van der Waals surface area contributed by atoms with Crippen LogP contribution in [0.15, 0.2) is 47.4 Å². The van der Waals surface area contributed by atoms with Crippen LogP contribution in [0.1, 0.15) is 32.3 Å². The number of benzene rings is 2. The van der Waals surface area contributed by atoms with Crippen LogP contribution in [0.25, 0.3) is 0 Å². The van der Waals surface area contributed by atoms with Gasteiger partial charge in [-0.3, -0.25) is 0 Å². The van der Waals surface area contributed by atoms with Gasteiger partial charge >= 0.3 is 0 Å². The summed E-state index contributed by atoms with van der Waals surface area (Å²) in [5.74, 6) is 1.75. The van der Waals surface area contributed by atoms with E-state index in [1.165, 1.54) is 0 Å². The van der Waals surface area contributed by atoms with Crippen LogP contribution in [0.3, 0.4) is 0 Å². The largest absolute Gasteiger partial charge is 0.497 e. The van der Waals surface area contributed by atoms with Crippen molar-refractivity contribution >= 4 is 15.7 Å². The fourth-order valence-corrected chi connectivity index (χ4v) is 5.01. The summed E-state index contributed by atoms with van der Waals surface area (Å²) in [6.07, 6.45) is 0. The van der Waals surface area contributed by atoms with E-state index in [9.17, 15) is 8.42 Å². The quantitative estimate of drug-likeness (QED) is 0.686. The Morgan fingerprint density at radius 1 is 1.00 bits per heavy atom. The first-order valence-electron chi connectivity index (χ1n) is 10.0. The second-order valence-electron chi connectivity index (χ2n) is 7.38. The third-order valence-corrected chi connectivity index (χ3v) is 7.11. The van der Waals surface area contributed by atoms with E-state index in [0.29, 0.717) is 37.7 Å². The van der Waals surface area contributed by atoms with Crippen LogP contribution < -0.4 is 14.4 Å². The van der Waals surface area contributed by atoms with Gasteiger partial charge < -0.3 is 14.4 Å². The first-order chi connectivity index (χ1) is 13.9. The third kappa shape index (κ3) is 4.67.